The first-order chi connectivity index (χ1) is 12.7. The van der Waals surface area contributed by atoms with Gasteiger partial charge >= 0.3 is 0 Å². The summed E-state index contributed by atoms with van der Waals surface area (Å²) >= 11 is 0. The smallest absolute Gasteiger partial charge is 0.223 e. The molecule has 0 saturated carbocycles. The van der Waals surface area contributed by atoms with Crippen LogP contribution in [0.3, 0.4) is 0 Å². The Morgan fingerprint density at radius 1 is 1.19 bits per heavy atom. The Morgan fingerprint density at radius 3 is 2.73 bits per heavy atom. The zero-order valence-electron chi connectivity index (χ0n) is 15.2. The molecule has 1 aromatic carbocycles. The Kier molecular flexibility index (Phi) is 6.63. The fraction of sp³-hybridized carbons (Fsp3) is 0.600. The third kappa shape index (κ3) is 4.43. The number of rotatable bonds is 6. The van der Waals surface area contributed by atoms with Crippen molar-refractivity contribution in [3.63, 3.8) is 0 Å². The molecule has 3 rings (SSSR count). The number of likely N-dealkylation sites (tertiary alicyclic amines) is 1. The summed E-state index contributed by atoms with van der Waals surface area (Å²) in [6.07, 6.45) is 3.34. The molecule has 26 heavy (non-hydrogen) atoms. The van der Waals surface area contributed by atoms with Gasteiger partial charge in [-0.25, -0.2) is 0 Å². The van der Waals surface area contributed by atoms with Crippen LogP contribution in [0.4, 0.5) is 0 Å². The lowest BCUT2D eigenvalue weighted by atomic mass is 9.97. The predicted molar refractivity (Wildman–Crippen MR) is 97.4 cm³/mol. The van der Waals surface area contributed by atoms with Crippen molar-refractivity contribution in [1.29, 1.82) is 0 Å². The highest BCUT2D eigenvalue weighted by atomic mass is 16.5. The maximum absolute atomic E-state index is 12.9. The number of piperidine rings is 1. The molecule has 0 bridgehead atoms. The van der Waals surface area contributed by atoms with Gasteiger partial charge in [0, 0.05) is 32.5 Å². The lowest BCUT2D eigenvalue weighted by molar-refractivity contribution is -0.150. The largest absolute Gasteiger partial charge is 0.394 e. The Bertz CT molecular complexity index is 607. The molecule has 2 saturated heterocycles. The van der Waals surface area contributed by atoms with Gasteiger partial charge in [0.05, 0.1) is 19.3 Å². The molecule has 0 radical (unpaired) electrons. The van der Waals surface area contributed by atoms with Crippen LogP contribution in [0.5, 0.6) is 0 Å². The number of morpholine rings is 1. The number of aliphatic hydroxyl groups is 1. The van der Waals surface area contributed by atoms with Crippen LogP contribution in [0.25, 0.3) is 0 Å². The maximum atomic E-state index is 12.9. The average Bonchev–Trinajstić information content (AvgIpc) is 2.69. The molecular weight excluding hydrogens is 332 g/mol. The summed E-state index contributed by atoms with van der Waals surface area (Å²) in [7, 11) is 0. The number of nitrogens with zero attached hydrogens (tertiary/aromatic N) is 2. The van der Waals surface area contributed by atoms with Crippen molar-refractivity contribution in [2.24, 2.45) is 0 Å². The number of amides is 2. The summed E-state index contributed by atoms with van der Waals surface area (Å²) in [5, 5.41) is 9.69. The van der Waals surface area contributed by atoms with Crippen LogP contribution >= 0.6 is 0 Å². The number of hydrogen-bond donors (Lipinski definition) is 1. The van der Waals surface area contributed by atoms with E-state index in [1.54, 1.807) is 0 Å². The fourth-order valence-electron chi connectivity index (χ4n) is 3.87. The van der Waals surface area contributed by atoms with Gasteiger partial charge in [-0.2, -0.15) is 0 Å². The van der Waals surface area contributed by atoms with Gasteiger partial charge in [0.2, 0.25) is 11.8 Å². The summed E-state index contributed by atoms with van der Waals surface area (Å²) in [6, 6.07) is 9.47. The summed E-state index contributed by atoms with van der Waals surface area (Å²) in [6.45, 7) is 2.30. The Labute approximate surface area is 154 Å². The van der Waals surface area contributed by atoms with E-state index >= 15 is 0 Å². The number of carbonyl (C=O) groups excluding carboxylic acids is 2. The highest BCUT2D eigenvalue weighted by Gasteiger charge is 2.35. The molecule has 0 aromatic heterocycles. The minimum atomic E-state index is -0.404. The molecule has 0 spiro atoms. The second kappa shape index (κ2) is 9.14. The molecule has 6 nitrogen and oxygen atoms in total. The van der Waals surface area contributed by atoms with Crippen molar-refractivity contribution in [2.75, 3.05) is 32.8 Å². The molecule has 2 heterocycles. The average molecular weight is 360 g/mol. The quantitative estimate of drug-likeness (QED) is 0.839. The minimum absolute atomic E-state index is 0.0602. The normalized spacial score (nSPS) is 24.0. The molecule has 6 heteroatoms. The molecule has 2 fully saturated rings. The van der Waals surface area contributed by atoms with Crippen LogP contribution in [0.2, 0.25) is 0 Å². The SMILES string of the molecule is O=C1CCCCN1CCCC(=O)N1CCO[C@H](CO)[C@H]1c1ccccc1. The monoisotopic (exact) mass is 360 g/mol. The molecule has 1 N–H and O–H groups in total. The Hall–Kier alpha value is -1.92. The van der Waals surface area contributed by atoms with Crippen molar-refractivity contribution >= 4 is 11.8 Å². The second-order valence-electron chi connectivity index (χ2n) is 6.98. The van der Waals surface area contributed by atoms with Gasteiger partial charge in [0.25, 0.3) is 0 Å². The fourth-order valence-corrected chi connectivity index (χ4v) is 3.87. The molecular formula is C20H28N2O4. The number of aliphatic hydroxyl groups excluding tert-OH is 1. The number of benzene rings is 1. The van der Waals surface area contributed by atoms with Crippen molar-refractivity contribution in [3.05, 3.63) is 35.9 Å². The topological polar surface area (TPSA) is 70.1 Å². The van der Waals surface area contributed by atoms with E-state index in [1.807, 2.05) is 40.1 Å². The van der Waals surface area contributed by atoms with Crippen LogP contribution in [0.15, 0.2) is 30.3 Å². The summed E-state index contributed by atoms with van der Waals surface area (Å²) in [5.74, 6) is 0.266. The molecule has 0 unspecified atom stereocenters. The molecule has 2 amide bonds. The van der Waals surface area contributed by atoms with Gasteiger partial charge in [-0.15, -0.1) is 0 Å². The van der Waals surface area contributed by atoms with Crippen LogP contribution in [-0.4, -0.2) is 65.7 Å². The van der Waals surface area contributed by atoms with Gasteiger partial charge in [-0.1, -0.05) is 30.3 Å². The van der Waals surface area contributed by atoms with Gasteiger partial charge in [-0.3, -0.25) is 9.59 Å². The van der Waals surface area contributed by atoms with Crippen molar-refractivity contribution in [2.45, 2.75) is 44.2 Å². The van der Waals surface area contributed by atoms with Crippen LogP contribution in [-0.2, 0) is 14.3 Å². The lowest BCUT2D eigenvalue weighted by Crippen LogP contribution is -2.49. The van der Waals surface area contributed by atoms with Gasteiger partial charge in [-0.05, 0) is 24.8 Å². The summed E-state index contributed by atoms with van der Waals surface area (Å²) in [5.41, 5.74) is 0.978. The Balaban J connectivity index is 1.61. The van der Waals surface area contributed by atoms with Gasteiger partial charge < -0.3 is 19.6 Å². The molecule has 2 aliphatic heterocycles. The van der Waals surface area contributed by atoms with E-state index in [0.29, 0.717) is 39.0 Å². The molecule has 2 atom stereocenters. The van der Waals surface area contributed by atoms with Gasteiger partial charge in [0.1, 0.15) is 6.10 Å². The van der Waals surface area contributed by atoms with Crippen molar-refractivity contribution < 1.29 is 19.4 Å². The minimum Gasteiger partial charge on any atom is -0.394 e. The van der Waals surface area contributed by atoms with E-state index < -0.39 is 6.10 Å². The third-order valence-corrected chi connectivity index (χ3v) is 5.23. The molecule has 2 aliphatic rings. The standard InChI is InChI=1S/C20H28N2O4/c23-15-17-20(16-7-2-1-3-8-16)22(13-14-26-17)19(25)10-6-12-21-11-5-4-9-18(21)24/h1-3,7-8,17,20,23H,4-6,9-15H2/t17-,20-/m1/s1. The van der Waals surface area contributed by atoms with E-state index in [4.69, 9.17) is 4.74 Å². The zero-order valence-corrected chi connectivity index (χ0v) is 15.2. The van der Waals surface area contributed by atoms with Crippen LogP contribution in [0, 0.1) is 0 Å². The molecule has 0 aliphatic carbocycles. The van der Waals surface area contributed by atoms with E-state index in [2.05, 4.69) is 0 Å². The predicted octanol–water partition coefficient (Wildman–Crippen LogP) is 1.74. The van der Waals surface area contributed by atoms with Gasteiger partial charge in [0.15, 0.2) is 0 Å². The van der Waals surface area contributed by atoms with Crippen molar-refractivity contribution in [3.8, 4) is 0 Å². The third-order valence-electron chi connectivity index (χ3n) is 5.23. The first-order valence-electron chi connectivity index (χ1n) is 9.55. The first-order valence-corrected chi connectivity index (χ1v) is 9.55. The van der Waals surface area contributed by atoms with Crippen LogP contribution in [0.1, 0.15) is 43.7 Å². The van der Waals surface area contributed by atoms with E-state index in [9.17, 15) is 14.7 Å². The lowest BCUT2D eigenvalue weighted by Gasteiger charge is -2.41. The highest BCUT2D eigenvalue weighted by Crippen LogP contribution is 2.30. The highest BCUT2D eigenvalue weighted by molar-refractivity contribution is 5.78. The molecule has 1 aromatic rings. The molecule has 142 valence electrons. The number of hydrogen-bond acceptors (Lipinski definition) is 4. The number of ether oxygens (including phenoxy) is 1. The van der Waals surface area contributed by atoms with E-state index in [-0.39, 0.29) is 24.5 Å². The van der Waals surface area contributed by atoms with Crippen molar-refractivity contribution in [1.82, 2.24) is 9.80 Å². The maximum Gasteiger partial charge on any atom is 0.223 e. The summed E-state index contributed by atoms with van der Waals surface area (Å²) in [4.78, 5) is 28.4. The number of carbonyl (C=O) groups is 2. The van der Waals surface area contributed by atoms with E-state index in [0.717, 1.165) is 24.9 Å². The first kappa shape index (κ1) is 18.9. The summed E-state index contributed by atoms with van der Waals surface area (Å²) < 4.78 is 5.69. The Morgan fingerprint density at radius 2 is 2.00 bits per heavy atom. The van der Waals surface area contributed by atoms with E-state index in [1.165, 1.54) is 0 Å². The second-order valence-corrected chi connectivity index (χ2v) is 6.98. The zero-order chi connectivity index (χ0) is 18.4. The van der Waals surface area contributed by atoms with Crippen LogP contribution < -0.4 is 0 Å².